The molecule has 0 saturated heterocycles. The smallest absolute Gasteiger partial charge is 0.331 e. The molecule has 3 aromatic rings. The SMILES string of the molecule is O=C(/C=C/c1c(Cl)nc2sccn12)OCc1nc(Cl)ccc1Cl. The Labute approximate surface area is 150 Å². The zero-order valence-corrected chi connectivity index (χ0v) is 14.5. The van der Waals surface area contributed by atoms with Crippen molar-refractivity contribution in [1.82, 2.24) is 14.4 Å². The van der Waals surface area contributed by atoms with Gasteiger partial charge in [0, 0.05) is 17.7 Å². The number of carbonyl (C=O) groups is 1. The van der Waals surface area contributed by atoms with E-state index >= 15 is 0 Å². The van der Waals surface area contributed by atoms with Gasteiger partial charge < -0.3 is 4.74 Å². The minimum Gasteiger partial charge on any atom is -0.456 e. The van der Waals surface area contributed by atoms with Gasteiger partial charge in [0.05, 0.1) is 16.4 Å². The number of halogens is 3. The summed E-state index contributed by atoms with van der Waals surface area (Å²) in [6.45, 7) is -0.0729. The Morgan fingerprint density at radius 1 is 1.30 bits per heavy atom. The molecule has 23 heavy (non-hydrogen) atoms. The molecule has 0 amide bonds. The Balaban J connectivity index is 1.68. The molecule has 3 heterocycles. The monoisotopic (exact) mass is 387 g/mol. The van der Waals surface area contributed by atoms with Crippen LogP contribution >= 0.6 is 46.1 Å². The van der Waals surface area contributed by atoms with E-state index < -0.39 is 5.97 Å². The van der Waals surface area contributed by atoms with Crippen LogP contribution in [0.2, 0.25) is 15.3 Å². The normalized spacial score (nSPS) is 11.4. The molecule has 0 saturated carbocycles. The highest BCUT2D eigenvalue weighted by atomic mass is 35.5. The summed E-state index contributed by atoms with van der Waals surface area (Å²) in [6.07, 6.45) is 4.63. The van der Waals surface area contributed by atoms with E-state index in [1.54, 1.807) is 22.6 Å². The molecule has 3 rings (SSSR count). The number of thiazole rings is 1. The number of nitrogens with zero attached hydrogens (tertiary/aromatic N) is 3. The molecule has 0 aliphatic heterocycles. The number of esters is 1. The van der Waals surface area contributed by atoms with Crippen LogP contribution in [0.5, 0.6) is 0 Å². The molecule has 118 valence electrons. The lowest BCUT2D eigenvalue weighted by atomic mass is 10.3. The first kappa shape index (κ1) is 16.3. The van der Waals surface area contributed by atoms with E-state index in [1.165, 1.54) is 17.4 Å². The van der Waals surface area contributed by atoms with E-state index in [2.05, 4.69) is 9.97 Å². The second-order valence-corrected chi connectivity index (χ2v) is 6.37. The van der Waals surface area contributed by atoms with Gasteiger partial charge in [-0.15, -0.1) is 11.3 Å². The minimum atomic E-state index is -0.552. The summed E-state index contributed by atoms with van der Waals surface area (Å²) < 4.78 is 6.88. The number of imidazole rings is 1. The van der Waals surface area contributed by atoms with Gasteiger partial charge in [0.25, 0.3) is 0 Å². The van der Waals surface area contributed by atoms with Crippen LogP contribution in [0, 0.1) is 0 Å². The Bertz CT molecular complexity index is 904. The fourth-order valence-electron chi connectivity index (χ4n) is 1.82. The van der Waals surface area contributed by atoms with Crippen LogP contribution in [0.25, 0.3) is 11.0 Å². The predicted octanol–water partition coefficient (Wildman–Crippen LogP) is 4.51. The van der Waals surface area contributed by atoms with Gasteiger partial charge in [-0.2, -0.15) is 0 Å². The van der Waals surface area contributed by atoms with E-state index in [0.717, 1.165) is 4.96 Å². The number of fused-ring (bicyclic) bond motifs is 1. The third-order valence-corrected chi connectivity index (χ3v) is 4.46. The number of rotatable bonds is 4. The van der Waals surface area contributed by atoms with E-state index in [-0.39, 0.29) is 11.8 Å². The van der Waals surface area contributed by atoms with Gasteiger partial charge in [0.15, 0.2) is 10.1 Å². The molecule has 0 fully saturated rings. The summed E-state index contributed by atoms with van der Waals surface area (Å²) in [5.41, 5.74) is 1.00. The number of hydrogen-bond acceptors (Lipinski definition) is 5. The third kappa shape index (κ3) is 3.67. The summed E-state index contributed by atoms with van der Waals surface area (Å²) in [4.78, 5) is 20.7. The van der Waals surface area contributed by atoms with E-state index in [1.807, 2.05) is 11.6 Å². The molecule has 0 unspecified atom stereocenters. The summed E-state index contributed by atoms with van der Waals surface area (Å²) in [7, 11) is 0. The van der Waals surface area contributed by atoms with E-state index in [0.29, 0.717) is 21.6 Å². The molecule has 0 aliphatic rings. The molecule has 0 radical (unpaired) electrons. The molecule has 0 spiro atoms. The molecule has 0 aromatic carbocycles. The number of carbonyl (C=O) groups excluding carboxylic acids is 1. The van der Waals surface area contributed by atoms with Crippen LogP contribution in [0.4, 0.5) is 0 Å². The van der Waals surface area contributed by atoms with Gasteiger partial charge in [-0.1, -0.05) is 34.8 Å². The van der Waals surface area contributed by atoms with Crippen LogP contribution < -0.4 is 0 Å². The maximum atomic E-state index is 11.8. The molecule has 9 heteroatoms. The maximum Gasteiger partial charge on any atom is 0.331 e. The summed E-state index contributed by atoms with van der Waals surface area (Å²) >= 11 is 19.2. The molecule has 0 bridgehead atoms. The second kappa shape index (κ2) is 6.88. The fourth-order valence-corrected chi connectivity index (χ4v) is 3.15. The molecule has 0 N–H and O–H groups in total. The van der Waals surface area contributed by atoms with Crippen molar-refractivity contribution in [2.45, 2.75) is 6.61 Å². The number of ether oxygens (including phenoxy) is 1. The van der Waals surface area contributed by atoms with Gasteiger partial charge in [0.1, 0.15) is 11.8 Å². The van der Waals surface area contributed by atoms with Crippen LogP contribution in [0.1, 0.15) is 11.4 Å². The lowest BCUT2D eigenvalue weighted by molar-refractivity contribution is -0.139. The average molecular weight is 389 g/mol. The third-order valence-electron chi connectivity index (χ3n) is 2.87. The van der Waals surface area contributed by atoms with Crippen molar-refractivity contribution in [3.8, 4) is 0 Å². The van der Waals surface area contributed by atoms with Crippen molar-refractivity contribution in [2.75, 3.05) is 0 Å². The van der Waals surface area contributed by atoms with Crippen LogP contribution in [-0.2, 0) is 16.1 Å². The fraction of sp³-hybridized carbons (Fsp3) is 0.0714. The standard InChI is InChI=1S/C14H8Cl3N3O2S/c15-8-1-3-11(16)18-9(8)7-22-12(21)4-2-10-13(17)19-14-20(10)5-6-23-14/h1-6H,7H2/b4-2+. The summed E-state index contributed by atoms with van der Waals surface area (Å²) in [6, 6.07) is 3.15. The Hall–Kier alpha value is -1.60. The van der Waals surface area contributed by atoms with Crippen LogP contribution in [0.15, 0.2) is 29.8 Å². The van der Waals surface area contributed by atoms with E-state index in [9.17, 15) is 4.79 Å². The lowest BCUT2D eigenvalue weighted by Crippen LogP contribution is -2.03. The Morgan fingerprint density at radius 3 is 2.96 bits per heavy atom. The molecular formula is C14H8Cl3N3O2S. The first-order chi connectivity index (χ1) is 11.0. The van der Waals surface area contributed by atoms with Crippen molar-refractivity contribution in [3.63, 3.8) is 0 Å². The van der Waals surface area contributed by atoms with Gasteiger partial charge in [-0.05, 0) is 18.2 Å². The predicted molar refractivity (Wildman–Crippen MR) is 91.2 cm³/mol. The first-order valence-electron chi connectivity index (χ1n) is 6.31. The minimum absolute atomic E-state index is 0.0729. The van der Waals surface area contributed by atoms with Crippen molar-refractivity contribution in [1.29, 1.82) is 0 Å². The number of aromatic nitrogens is 3. The molecule has 0 atom stereocenters. The lowest BCUT2D eigenvalue weighted by Gasteiger charge is -2.04. The van der Waals surface area contributed by atoms with Crippen molar-refractivity contribution >= 4 is 63.1 Å². The average Bonchev–Trinajstić information content (AvgIpc) is 3.07. The molecular weight excluding hydrogens is 381 g/mol. The topological polar surface area (TPSA) is 56.5 Å². The summed E-state index contributed by atoms with van der Waals surface area (Å²) in [5, 5.41) is 2.86. The van der Waals surface area contributed by atoms with Gasteiger partial charge in [-0.25, -0.2) is 14.8 Å². The van der Waals surface area contributed by atoms with Crippen molar-refractivity contribution < 1.29 is 9.53 Å². The largest absolute Gasteiger partial charge is 0.456 e. The Morgan fingerprint density at radius 2 is 2.13 bits per heavy atom. The van der Waals surface area contributed by atoms with Crippen molar-refractivity contribution in [3.05, 3.63) is 56.5 Å². The van der Waals surface area contributed by atoms with Crippen LogP contribution in [0.3, 0.4) is 0 Å². The molecule has 3 aromatic heterocycles. The van der Waals surface area contributed by atoms with Crippen LogP contribution in [-0.4, -0.2) is 20.3 Å². The maximum absolute atomic E-state index is 11.8. The first-order valence-corrected chi connectivity index (χ1v) is 8.33. The molecule has 5 nitrogen and oxygen atoms in total. The quantitative estimate of drug-likeness (QED) is 0.375. The zero-order chi connectivity index (χ0) is 16.4. The Kier molecular flexibility index (Phi) is 4.87. The van der Waals surface area contributed by atoms with Gasteiger partial charge >= 0.3 is 5.97 Å². The highest BCUT2D eigenvalue weighted by Gasteiger charge is 2.10. The summed E-state index contributed by atoms with van der Waals surface area (Å²) in [5.74, 6) is -0.552. The highest BCUT2D eigenvalue weighted by Crippen LogP contribution is 2.22. The zero-order valence-electron chi connectivity index (χ0n) is 11.4. The molecule has 0 aliphatic carbocycles. The number of hydrogen-bond donors (Lipinski definition) is 0. The number of pyridine rings is 1. The second-order valence-electron chi connectivity index (χ2n) is 4.35. The van der Waals surface area contributed by atoms with Gasteiger partial charge in [0.2, 0.25) is 0 Å². The van der Waals surface area contributed by atoms with Crippen molar-refractivity contribution in [2.24, 2.45) is 0 Å². The highest BCUT2D eigenvalue weighted by molar-refractivity contribution is 7.15. The van der Waals surface area contributed by atoms with Gasteiger partial charge in [-0.3, -0.25) is 4.40 Å². The van der Waals surface area contributed by atoms with E-state index in [4.69, 9.17) is 39.5 Å².